The van der Waals surface area contributed by atoms with Crippen molar-refractivity contribution in [2.45, 2.75) is 19.4 Å². The second-order valence-electron chi connectivity index (χ2n) is 7.12. The molecule has 0 unspecified atom stereocenters. The van der Waals surface area contributed by atoms with Crippen LogP contribution in [0.3, 0.4) is 0 Å². The van der Waals surface area contributed by atoms with Crippen LogP contribution in [0, 0.1) is 5.82 Å². The van der Waals surface area contributed by atoms with Crippen LogP contribution in [0.15, 0.2) is 42.5 Å². The van der Waals surface area contributed by atoms with E-state index in [2.05, 4.69) is 22.9 Å². The van der Waals surface area contributed by atoms with Crippen LogP contribution in [0.25, 0.3) is 0 Å². The lowest BCUT2D eigenvalue weighted by Crippen LogP contribution is -2.44. The first-order valence-corrected chi connectivity index (χ1v) is 9.59. The summed E-state index contributed by atoms with van der Waals surface area (Å²) in [6.07, 6.45) is 2.01. The smallest absolute Gasteiger partial charge is 0.164 e. The Labute approximate surface area is 161 Å². The molecule has 0 N–H and O–H groups in total. The molecule has 2 aromatic carbocycles. The van der Waals surface area contributed by atoms with Crippen molar-refractivity contribution < 1.29 is 13.9 Å². The number of hydrogen-bond donors (Lipinski definition) is 0. The quantitative estimate of drug-likeness (QED) is 0.707. The van der Waals surface area contributed by atoms with Crippen molar-refractivity contribution >= 4 is 0 Å². The summed E-state index contributed by atoms with van der Waals surface area (Å²) in [4.78, 5) is 4.89. The molecule has 0 radical (unpaired) electrons. The Morgan fingerprint density at radius 1 is 1.04 bits per heavy atom. The number of rotatable bonds is 8. The lowest BCUT2D eigenvalue weighted by atomic mass is 10.1. The third-order valence-electron chi connectivity index (χ3n) is 5.07. The molecule has 1 saturated heterocycles. The van der Waals surface area contributed by atoms with E-state index < -0.39 is 0 Å². The molecule has 1 fully saturated rings. The molecule has 1 heterocycles. The van der Waals surface area contributed by atoms with E-state index in [-0.39, 0.29) is 5.82 Å². The van der Waals surface area contributed by atoms with Gasteiger partial charge in [-0.25, -0.2) is 4.39 Å². The van der Waals surface area contributed by atoms with Gasteiger partial charge in [-0.1, -0.05) is 24.3 Å². The van der Waals surface area contributed by atoms with Crippen molar-refractivity contribution in [2.75, 3.05) is 46.9 Å². The van der Waals surface area contributed by atoms with Gasteiger partial charge in [0.25, 0.3) is 0 Å². The van der Waals surface area contributed by atoms with Gasteiger partial charge in [-0.3, -0.25) is 0 Å². The average Bonchev–Trinajstić information content (AvgIpc) is 2.68. The van der Waals surface area contributed by atoms with Crippen LogP contribution in [-0.4, -0.2) is 56.7 Å². The number of halogens is 1. The summed E-state index contributed by atoms with van der Waals surface area (Å²) < 4.78 is 24.9. The fraction of sp³-hybridized carbons (Fsp3) is 0.455. The maximum atomic E-state index is 13.4. The maximum absolute atomic E-state index is 13.4. The predicted molar refractivity (Wildman–Crippen MR) is 106 cm³/mol. The van der Waals surface area contributed by atoms with Crippen molar-refractivity contribution in [3.8, 4) is 11.5 Å². The Kier molecular flexibility index (Phi) is 7.07. The normalized spacial score (nSPS) is 15.7. The first kappa shape index (κ1) is 19.6. The Morgan fingerprint density at radius 2 is 1.81 bits per heavy atom. The van der Waals surface area contributed by atoms with Crippen LogP contribution in [0.4, 0.5) is 4.39 Å². The maximum Gasteiger partial charge on any atom is 0.164 e. The number of hydrogen-bond acceptors (Lipinski definition) is 4. The van der Waals surface area contributed by atoms with E-state index in [1.165, 1.54) is 12.1 Å². The van der Waals surface area contributed by atoms with E-state index in [1.807, 2.05) is 18.2 Å². The Hall–Kier alpha value is -2.11. The molecular weight excluding hydrogens is 343 g/mol. The summed E-state index contributed by atoms with van der Waals surface area (Å²) in [5.41, 5.74) is 1.95. The molecule has 0 amide bonds. The fourth-order valence-corrected chi connectivity index (χ4v) is 3.43. The molecular formula is C22H29FN2O2. The molecule has 1 aliphatic heterocycles. The molecule has 4 nitrogen and oxygen atoms in total. The molecule has 0 saturated carbocycles. The molecule has 27 heavy (non-hydrogen) atoms. The first-order valence-electron chi connectivity index (χ1n) is 9.59. The zero-order valence-electron chi connectivity index (χ0n) is 16.3. The third-order valence-corrected chi connectivity index (χ3v) is 5.07. The van der Waals surface area contributed by atoms with Crippen molar-refractivity contribution in [1.82, 2.24) is 9.80 Å². The van der Waals surface area contributed by atoms with Crippen molar-refractivity contribution in [1.29, 1.82) is 0 Å². The summed E-state index contributed by atoms with van der Waals surface area (Å²) in [5.74, 6) is 1.25. The van der Waals surface area contributed by atoms with Gasteiger partial charge in [-0.15, -0.1) is 0 Å². The Bertz CT molecular complexity index is 730. The molecule has 0 spiro atoms. The standard InChI is InChI=1S/C22H29FN2O2/c1-24-12-14-25(15-13-24)11-5-8-19-7-4-10-21(26-2)22(19)27-17-18-6-3-9-20(23)16-18/h3-4,6-7,9-10,16H,5,8,11-15,17H2,1-2H3. The van der Waals surface area contributed by atoms with Gasteiger partial charge in [0.15, 0.2) is 11.5 Å². The number of benzene rings is 2. The topological polar surface area (TPSA) is 24.9 Å². The van der Waals surface area contributed by atoms with E-state index in [4.69, 9.17) is 9.47 Å². The van der Waals surface area contributed by atoms with Gasteiger partial charge in [0.1, 0.15) is 12.4 Å². The van der Waals surface area contributed by atoms with E-state index in [1.54, 1.807) is 13.2 Å². The fourth-order valence-electron chi connectivity index (χ4n) is 3.43. The van der Waals surface area contributed by atoms with Gasteiger partial charge >= 0.3 is 0 Å². The van der Waals surface area contributed by atoms with Crippen LogP contribution in [0.5, 0.6) is 11.5 Å². The van der Waals surface area contributed by atoms with Gasteiger partial charge < -0.3 is 19.3 Å². The number of para-hydroxylation sites is 1. The van der Waals surface area contributed by atoms with Crippen molar-refractivity contribution in [3.63, 3.8) is 0 Å². The third kappa shape index (κ3) is 5.68. The Morgan fingerprint density at radius 3 is 2.56 bits per heavy atom. The largest absolute Gasteiger partial charge is 0.493 e. The Balaban J connectivity index is 1.60. The van der Waals surface area contributed by atoms with Gasteiger partial charge in [0.2, 0.25) is 0 Å². The SMILES string of the molecule is COc1cccc(CCCN2CCN(C)CC2)c1OCc1cccc(F)c1. The van der Waals surface area contributed by atoms with Crippen LogP contribution in [-0.2, 0) is 13.0 Å². The molecule has 0 aromatic heterocycles. The summed E-state index contributed by atoms with van der Waals surface area (Å²) in [6, 6.07) is 12.5. The molecule has 1 aliphatic rings. The van der Waals surface area contributed by atoms with Crippen LogP contribution < -0.4 is 9.47 Å². The van der Waals surface area contributed by atoms with E-state index in [0.717, 1.165) is 68.2 Å². The van der Waals surface area contributed by atoms with Crippen molar-refractivity contribution in [3.05, 3.63) is 59.4 Å². The monoisotopic (exact) mass is 372 g/mol. The van der Waals surface area contributed by atoms with Gasteiger partial charge in [0.05, 0.1) is 7.11 Å². The lowest BCUT2D eigenvalue weighted by molar-refractivity contribution is 0.153. The highest BCUT2D eigenvalue weighted by Crippen LogP contribution is 2.32. The van der Waals surface area contributed by atoms with Crippen LogP contribution in [0.2, 0.25) is 0 Å². The lowest BCUT2D eigenvalue weighted by Gasteiger charge is -2.32. The molecule has 3 rings (SSSR count). The number of nitrogens with zero attached hydrogens (tertiary/aromatic N) is 2. The van der Waals surface area contributed by atoms with Gasteiger partial charge in [0, 0.05) is 26.2 Å². The first-order chi connectivity index (χ1) is 13.2. The van der Waals surface area contributed by atoms with Crippen LogP contribution in [0.1, 0.15) is 17.5 Å². The van der Waals surface area contributed by atoms with E-state index in [9.17, 15) is 4.39 Å². The summed E-state index contributed by atoms with van der Waals surface area (Å²) in [7, 11) is 3.83. The highest BCUT2D eigenvalue weighted by Gasteiger charge is 2.15. The number of piperazine rings is 1. The van der Waals surface area contributed by atoms with Crippen LogP contribution >= 0.6 is 0 Å². The number of ether oxygens (including phenoxy) is 2. The van der Waals surface area contributed by atoms with Gasteiger partial charge in [-0.05, 0) is 55.8 Å². The zero-order valence-corrected chi connectivity index (χ0v) is 16.3. The minimum Gasteiger partial charge on any atom is -0.493 e. The number of likely N-dealkylation sites (N-methyl/N-ethyl adjacent to an activating group) is 1. The highest BCUT2D eigenvalue weighted by molar-refractivity contribution is 5.46. The highest BCUT2D eigenvalue weighted by atomic mass is 19.1. The molecule has 2 aromatic rings. The molecule has 146 valence electrons. The second kappa shape index (κ2) is 9.72. The van der Waals surface area contributed by atoms with E-state index >= 15 is 0 Å². The van der Waals surface area contributed by atoms with Gasteiger partial charge in [-0.2, -0.15) is 0 Å². The average molecular weight is 372 g/mol. The number of aryl methyl sites for hydroxylation is 1. The molecule has 0 aliphatic carbocycles. The summed E-state index contributed by atoms with van der Waals surface area (Å²) >= 11 is 0. The molecule has 0 bridgehead atoms. The van der Waals surface area contributed by atoms with Crippen molar-refractivity contribution in [2.24, 2.45) is 0 Å². The second-order valence-corrected chi connectivity index (χ2v) is 7.12. The molecule has 5 heteroatoms. The zero-order chi connectivity index (χ0) is 19.1. The minimum absolute atomic E-state index is 0.247. The minimum atomic E-state index is -0.247. The number of methoxy groups -OCH3 is 1. The summed E-state index contributed by atoms with van der Waals surface area (Å²) in [6.45, 7) is 5.97. The summed E-state index contributed by atoms with van der Waals surface area (Å²) in [5, 5.41) is 0. The van der Waals surface area contributed by atoms with E-state index in [0.29, 0.717) is 6.61 Å². The molecule has 0 atom stereocenters. The predicted octanol–water partition coefficient (Wildman–Crippen LogP) is 3.59.